The van der Waals surface area contributed by atoms with Gasteiger partial charge in [0.05, 0.1) is 55.1 Å². The number of hydrogen-bond acceptors (Lipinski definition) is 4. The topological polar surface area (TPSA) is 75.2 Å². The highest BCUT2D eigenvalue weighted by atomic mass is 35.5. The van der Waals surface area contributed by atoms with Gasteiger partial charge in [0, 0.05) is 0 Å². The van der Waals surface area contributed by atoms with Crippen molar-refractivity contribution in [2.45, 2.75) is 6.04 Å². The molecular weight excluding hydrogens is 391 g/mol. The Morgan fingerprint density at radius 3 is 2.59 bits per heavy atom. The summed E-state index contributed by atoms with van der Waals surface area (Å²) >= 11 is 12.2. The Balaban J connectivity index is 2.08. The maximum Gasteiger partial charge on any atom is 0.290 e. The number of ketones is 1. The second-order valence-electron chi connectivity index (χ2n) is 6.60. The molecule has 0 aliphatic carbocycles. The van der Waals surface area contributed by atoms with Crippen LogP contribution in [0.5, 0.6) is 0 Å². The van der Waals surface area contributed by atoms with Gasteiger partial charge in [-0.25, -0.2) is 0 Å². The summed E-state index contributed by atoms with van der Waals surface area (Å²) in [5.41, 5.74) is 0.563. The first-order valence-electron chi connectivity index (χ1n) is 8.37. The molecule has 1 atom stereocenters. The van der Waals surface area contributed by atoms with E-state index in [0.717, 1.165) is 4.90 Å². The highest BCUT2D eigenvalue weighted by Crippen LogP contribution is 2.40. The second-order valence-corrected chi connectivity index (χ2v) is 7.41. The van der Waals surface area contributed by atoms with Gasteiger partial charge in [0.1, 0.15) is 0 Å². The molecule has 0 unspecified atom stereocenters. The van der Waals surface area contributed by atoms with Gasteiger partial charge < -0.3 is 19.3 Å². The number of rotatable bonds is 6. The Kier molecular flexibility index (Phi) is 5.60. The van der Waals surface area contributed by atoms with Crippen molar-refractivity contribution in [2.75, 3.05) is 27.2 Å². The highest BCUT2D eigenvalue weighted by Gasteiger charge is 2.44. The van der Waals surface area contributed by atoms with Crippen LogP contribution in [0.15, 0.2) is 52.3 Å². The lowest BCUT2D eigenvalue weighted by Gasteiger charge is -2.27. The van der Waals surface area contributed by atoms with Crippen molar-refractivity contribution in [2.24, 2.45) is 0 Å². The molecule has 0 saturated heterocycles. The van der Waals surface area contributed by atoms with E-state index in [2.05, 4.69) is 0 Å². The molecule has 2 aromatic rings. The molecule has 2 heterocycles. The monoisotopic (exact) mass is 409 g/mol. The Morgan fingerprint density at radius 1 is 1.26 bits per heavy atom. The SMILES string of the molecule is C[NH+](C)CCN1C(=O)C(O)=C(C(=O)c2ccco2)[C@H]1c1ccc(Cl)c(Cl)c1. The normalized spacial score (nSPS) is 17.3. The lowest BCUT2D eigenvalue weighted by Crippen LogP contribution is -3.06. The number of aliphatic hydroxyl groups excluding tert-OH is 1. The van der Waals surface area contributed by atoms with Gasteiger partial charge in [0.25, 0.3) is 5.91 Å². The van der Waals surface area contributed by atoms with Gasteiger partial charge in [-0.1, -0.05) is 29.3 Å². The molecule has 1 aliphatic rings. The van der Waals surface area contributed by atoms with Crippen molar-refractivity contribution in [1.29, 1.82) is 0 Å². The first kappa shape index (κ1) is 19.5. The van der Waals surface area contributed by atoms with Crippen LogP contribution in [0.1, 0.15) is 22.2 Å². The second kappa shape index (κ2) is 7.76. The smallest absolute Gasteiger partial charge is 0.290 e. The molecule has 27 heavy (non-hydrogen) atoms. The minimum absolute atomic E-state index is 0.0258. The number of carbonyl (C=O) groups is 2. The van der Waals surface area contributed by atoms with Crippen molar-refractivity contribution in [3.8, 4) is 0 Å². The Morgan fingerprint density at radius 2 is 2.00 bits per heavy atom. The van der Waals surface area contributed by atoms with Gasteiger partial charge in [-0.2, -0.15) is 0 Å². The number of Topliss-reactive ketones (excluding diaryl/α,β-unsaturated/α-hetero) is 1. The van der Waals surface area contributed by atoms with Gasteiger partial charge >= 0.3 is 0 Å². The van der Waals surface area contributed by atoms with Crippen molar-refractivity contribution < 1.29 is 24.0 Å². The molecule has 1 aromatic carbocycles. The van der Waals surface area contributed by atoms with Gasteiger partial charge in [0.2, 0.25) is 5.78 Å². The zero-order valence-electron chi connectivity index (χ0n) is 14.8. The summed E-state index contributed by atoms with van der Waals surface area (Å²) < 4.78 is 5.18. The van der Waals surface area contributed by atoms with Crippen LogP contribution >= 0.6 is 23.2 Å². The summed E-state index contributed by atoms with van der Waals surface area (Å²) in [6.07, 6.45) is 1.36. The number of hydrogen-bond donors (Lipinski definition) is 2. The Bertz CT molecular complexity index is 906. The van der Waals surface area contributed by atoms with E-state index in [1.54, 1.807) is 24.3 Å². The molecule has 0 spiro atoms. The van der Waals surface area contributed by atoms with Crippen molar-refractivity contribution in [1.82, 2.24) is 4.90 Å². The number of furan rings is 1. The third-order valence-corrected chi connectivity index (χ3v) is 5.14. The zero-order chi connectivity index (χ0) is 19.7. The summed E-state index contributed by atoms with van der Waals surface area (Å²) in [5, 5.41) is 11.1. The molecule has 6 nitrogen and oxygen atoms in total. The van der Waals surface area contributed by atoms with Crippen LogP contribution in [0.4, 0.5) is 0 Å². The predicted molar refractivity (Wildman–Crippen MR) is 101 cm³/mol. The fourth-order valence-electron chi connectivity index (χ4n) is 3.03. The average molecular weight is 410 g/mol. The van der Waals surface area contributed by atoms with Crippen LogP contribution in [0.3, 0.4) is 0 Å². The number of halogens is 2. The van der Waals surface area contributed by atoms with Gasteiger partial charge in [-0.3, -0.25) is 9.59 Å². The van der Waals surface area contributed by atoms with Crippen LogP contribution in [-0.2, 0) is 4.79 Å². The Hall–Kier alpha value is -2.28. The number of benzene rings is 1. The first-order valence-corrected chi connectivity index (χ1v) is 9.13. The first-order chi connectivity index (χ1) is 12.8. The lowest BCUT2D eigenvalue weighted by atomic mass is 9.95. The van der Waals surface area contributed by atoms with Crippen molar-refractivity contribution >= 4 is 34.9 Å². The fourth-order valence-corrected chi connectivity index (χ4v) is 3.34. The molecule has 1 aromatic heterocycles. The minimum atomic E-state index is -0.774. The van der Waals surface area contributed by atoms with E-state index >= 15 is 0 Å². The maximum absolute atomic E-state index is 12.9. The number of nitrogens with zero attached hydrogens (tertiary/aromatic N) is 1. The van der Waals surface area contributed by atoms with Crippen LogP contribution in [-0.4, -0.2) is 48.9 Å². The molecule has 0 radical (unpaired) electrons. The summed E-state index contributed by atoms with van der Waals surface area (Å²) in [6, 6.07) is 7.18. The molecule has 1 aliphatic heterocycles. The molecule has 2 N–H and O–H groups in total. The number of quaternary nitrogens is 1. The minimum Gasteiger partial charge on any atom is -0.503 e. The molecule has 8 heteroatoms. The number of carbonyl (C=O) groups excluding carboxylic acids is 2. The van der Waals surface area contributed by atoms with Crippen molar-refractivity contribution in [3.05, 3.63) is 69.3 Å². The third kappa shape index (κ3) is 3.74. The average Bonchev–Trinajstić information content (AvgIpc) is 3.24. The molecular formula is C19H19Cl2N2O4+. The molecule has 3 rings (SSSR count). The van der Waals surface area contributed by atoms with E-state index < -0.39 is 23.5 Å². The molecule has 1 amide bonds. The summed E-state index contributed by atoms with van der Waals surface area (Å²) in [6.45, 7) is 0.990. The number of likely N-dealkylation sites (N-methyl/N-ethyl adjacent to an activating group) is 1. The van der Waals surface area contributed by atoms with E-state index in [-0.39, 0.29) is 11.3 Å². The van der Waals surface area contributed by atoms with E-state index in [1.807, 2.05) is 14.1 Å². The number of aliphatic hydroxyl groups is 1. The van der Waals surface area contributed by atoms with E-state index in [9.17, 15) is 14.7 Å². The summed E-state index contributed by atoms with van der Waals surface area (Å²) in [5.74, 6) is -1.65. The van der Waals surface area contributed by atoms with E-state index in [1.165, 1.54) is 17.2 Å². The van der Waals surface area contributed by atoms with Crippen LogP contribution in [0, 0.1) is 0 Å². The third-order valence-electron chi connectivity index (χ3n) is 4.41. The van der Waals surface area contributed by atoms with Crippen molar-refractivity contribution in [3.63, 3.8) is 0 Å². The molecule has 142 valence electrons. The number of nitrogens with one attached hydrogen (secondary N) is 1. The Labute approximate surface area is 166 Å². The quantitative estimate of drug-likeness (QED) is 0.717. The summed E-state index contributed by atoms with van der Waals surface area (Å²) in [4.78, 5) is 28.2. The molecule has 0 saturated carbocycles. The van der Waals surface area contributed by atoms with E-state index in [0.29, 0.717) is 28.7 Å². The maximum atomic E-state index is 12.9. The standard InChI is InChI=1S/C19H18Cl2N2O4/c1-22(2)7-8-23-16(11-5-6-12(20)13(21)10-11)15(18(25)19(23)26)17(24)14-4-3-9-27-14/h3-6,9-10,16,25H,7-8H2,1-2H3/p+1/t16-/m1/s1. The zero-order valence-corrected chi connectivity index (χ0v) is 16.3. The van der Waals surface area contributed by atoms with Crippen LogP contribution in [0.25, 0.3) is 0 Å². The summed E-state index contributed by atoms with van der Waals surface area (Å²) in [7, 11) is 3.91. The molecule has 0 fully saturated rings. The van der Waals surface area contributed by atoms with Gasteiger partial charge in [-0.05, 0) is 29.8 Å². The fraction of sp³-hybridized carbons (Fsp3) is 0.263. The van der Waals surface area contributed by atoms with Gasteiger partial charge in [0.15, 0.2) is 11.5 Å². The molecule has 0 bridgehead atoms. The highest BCUT2D eigenvalue weighted by molar-refractivity contribution is 6.42. The van der Waals surface area contributed by atoms with Crippen LogP contribution < -0.4 is 4.90 Å². The predicted octanol–water partition coefficient (Wildman–Crippen LogP) is 2.31. The lowest BCUT2D eigenvalue weighted by molar-refractivity contribution is -0.857. The largest absolute Gasteiger partial charge is 0.503 e. The van der Waals surface area contributed by atoms with E-state index in [4.69, 9.17) is 27.6 Å². The number of amides is 1. The van der Waals surface area contributed by atoms with Crippen LogP contribution in [0.2, 0.25) is 10.0 Å². The van der Waals surface area contributed by atoms with Gasteiger partial charge in [-0.15, -0.1) is 0 Å².